The Hall–Kier alpha value is -1.33. The van der Waals surface area contributed by atoms with Crippen molar-refractivity contribution in [2.24, 2.45) is 0 Å². The maximum absolute atomic E-state index is 13.1. The van der Waals surface area contributed by atoms with E-state index in [1.165, 1.54) is 12.1 Å². The van der Waals surface area contributed by atoms with E-state index in [4.69, 9.17) is 13.7 Å². The lowest BCUT2D eigenvalue weighted by molar-refractivity contribution is 0.00578. The third-order valence-electron chi connectivity index (χ3n) is 3.99. The van der Waals surface area contributed by atoms with Crippen LogP contribution in [0.2, 0.25) is 0 Å². The molecule has 2 heterocycles. The minimum atomic E-state index is -0.555. The van der Waals surface area contributed by atoms with E-state index in [-0.39, 0.29) is 5.82 Å². The fourth-order valence-corrected chi connectivity index (χ4v) is 2.10. The Morgan fingerprint density at radius 1 is 1.00 bits per heavy atom. The number of hydrogen-bond donors (Lipinski definition) is 0. The average molecular weight is 262 g/mol. The molecule has 2 aromatic rings. The van der Waals surface area contributed by atoms with Gasteiger partial charge in [0.05, 0.1) is 11.2 Å². The first kappa shape index (κ1) is 12.7. The standard InChI is InChI=1S/C14H16BFO3/c1-13(2)14(3,4)19-15(18-13)12-7-9-5-6-10(16)8-11(9)17-12/h5-8H,1-4H3. The van der Waals surface area contributed by atoms with Gasteiger partial charge >= 0.3 is 7.12 Å². The fraction of sp³-hybridized carbons (Fsp3) is 0.429. The molecule has 1 saturated heterocycles. The largest absolute Gasteiger partial charge is 0.532 e. The zero-order valence-electron chi connectivity index (χ0n) is 11.5. The molecule has 0 amide bonds. The first-order chi connectivity index (χ1) is 8.78. The first-order valence-electron chi connectivity index (χ1n) is 6.33. The Labute approximate surface area is 111 Å². The van der Waals surface area contributed by atoms with Gasteiger partial charge in [0, 0.05) is 11.5 Å². The van der Waals surface area contributed by atoms with Crippen LogP contribution in [0, 0.1) is 5.82 Å². The van der Waals surface area contributed by atoms with E-state index in [1.807, 2.05) is 33.8 Å². The average Bonchev–Trinajstić information content (AvgIpc) is 2.78. The predicted octanol–water partition coefficient (Wildman–Crippen LogP) is 2.87. The van der Waals surface area contributed by atoms with Crippen LogP contribution < -0.4 is 5.66 Å². The van der Waals surface area contributed by atoms with Crippen molar-refractivity contribution in [3.8, 4) is 0 Å². The van der Waals surface area contributed by atoms with E-state index in [9.17, 15) is 4.39 Å². The lowest BCUT2D eigenvalue weighted by Gasteiger charge is -2.32. The lowest BCUT2D eigenvalue weighted by atomic mass is 9.86. The van der Waals surface area contributed by atoms with Gasteiger partial charge in [0.1, 0.15) is 17.1 Å². The van der Waals surface area contributed by atoms with Crippen LogP contribution in [0.1, 0.15) is 27.7 Å². The number of halogens is 1. The fourth-order valence-electron chi connectivity index (χ4n) is 2.10. The second kappa shape index (κ2) is 3.84. The molecule has 3 rings (SSSR count). The Morgan fingerprint density at radius 2 is 1.63 bits per heavy atom. The minimum absolute atomic E-state index is 0.317. The molecule has 19 heavy (non-hydrogen) atoms. The molecular weight excluding hydrogens is 246 g/mol. The number of fused-ring (bicyclic) bond motifs is 1. The van der Waals surface area contributed by atoms with Crippen molar-refractivity contribution in [3.63, 3.8) is 0 Å². The van der Waals surface area contributed by atoms with E-state index in [2.05, 4.69) is 0 Å². The number of furan rings is 1. The highest BCUT2D eigenvalue weighted by Gasteiger charge is 2.53. The molecule has 0 bridgehead atoms. The van der Waals surface area contributed by atoms with Crippen LogP contribution in [0.5, 0.6) is 0 Å². The summed E-state index contributed by atoms with van der Waals surface area (Å²) in [5.41, 5.74) is 0.244. The van der Waals surface area contributed by atoms with Crippen LogP contribution in [0.4, 0.5) is 4.39 Å². The van der Waals surface area contributed by atoms with E-state index >= 15 is 0 Å². The van der Waals surface area contributed by atoms with Crippen LogP contribution in [0.25, 0.3) is 11.0 Å². The Balaban J connectivity index is 1.98. The van der Waals surface area contributed by atoms with Crippen LogP contribution >= 0.6 is 0 Å². The third kappa shape index (κ3) is 1.97. The summed E-state index contributed by atoms with van der Waals surface area (Å²) in [7, 11) is -0.555. The van der Waals surface area contributed by atoms with Crippen LogP contribution in [0.3, 0.4) is 0 Å². The summed E-state index contributed by atoms with van der Waals surface area (Å²) < 4.78 is 30.6. The molecule has 1 aromatic carbocycles. The van der Waals surface area contributed by atoms with Crippen molar-refractivity contribution >= 4 is 23.7 Å². The molecule has 0 radical (unpaired) electrons. The molecular formula is C14H16BFO3. The van der Waals surface area contributed by atoms with Crippen LogP contribution in [0.15, 0.2) is 28.7 Å². The van der Waals surface area contributed by atoms with Crippen LogP contribution in [-0.4, -0.2) is 18.3 Å². The molecule has 1 aromatic heterocycles. The summed E-state index contributed by atoms with van der Waals surface area (Å²) in [6.45, 7) is 7.93. The van der Waals surface area contributed by atoms with Crippen molar-refractivity contribution < 1.29 is 18.1 Å². The highest BCUT2D eigenvalue weighted by atomic mass is 19.1. The first-order valence-corrected chi connectivity index (χ1v) is 6.33. The molecule has 100 valence electrons. The summed E-state index contributed by atoms with van der Waals surface area (Å²) in [5, 5.41) is 0.839. The van der Waals surface area contributed by atoms with Crippen LogP contribution in [-0.2, 0) is 9.31 Å². The topological polar surface area (TPSA) is 31.6 Å². The molecule has 1 aliphatic rings. The summed E-state index contributed by atoms with van der Waals surface area (Å²) in [6.07, 6.45) is 0. The molecule has 0 spiro atoms. The molecule has 0 aliphatic carbocycles. The second-order valence-electron chi connectivity index (χ2n) is 5.92. The third-order valence-corrected chi connectivity index (χ3v) is 3.99. The van der Waals surface area contributed by atoms with Gasteiger partial charge in [-0.05, 0) is 45.9 Å². The van der Waals surface area contributed by atoms with E-state index in [0.29, 0.717) is 11.2 Å². The van der Waals surface area contributed by atoms with Crippen molar-refractivity contribution in [2.45, 2.75) is 38.9 Å². The summed E-state index contributed by atoms with van der Waals surface area (Å²) in [4.78, 5) is 0. The van der Waals surface area contributed by atoms with Gasteiger partial charge in [-0.3, -0.25) is 0 Å². The Bertz CT molecular complexity index is 617. The molecule has 5 heteroatoms. The van der Waals surface area contributed by atoms with Gasteiger partial charge in [-0.1, -0.05) is 0 Å². The Kier molecular flexibility index (Phi) is 2.56. The van der Waals surface area contributed by atoms with Crippen molar-refractivity contribution in [1.29, 1.82) is 0 Å². The van der Waals surface area contributed by atoms with Gasteiger partial charge in [-0.15, -0.1) is 0 Å². The maximum atomic E-state index is 13.1. The van der Waals surface area contributed by atoms with Crippen molar-refractivity contribution in [1.82, 2.24) is 0 Å². The normalized spacial score (nSPS) is 21.2. The SMILES string of the molecule is CC1(C)OB(c2cc3ccc(F)cc3o2)OC1(C)C. The predicted molar refractivity (Wildman–Crippen MR) is 71.9 cm³/mol. The van der Waals surface area contributed by atoms with Crippen molar-refractivity contribution in [2.75, 3.05) is 0 Å². The zero-order valence-corrected chi connectivity index (χ0v) is 11.5. The summed E-state index contributed by atoms with van der Waals surface area (Å²) in [6, 6.07) is 6.29. The molecule has 1 fully saturated rings. The molecule has 3 nitrogen and oxygen atoms in total. The number of benzene rings is 1. The van der Waals surface area contributed by atoms with Gasteiger partial charge in [0.2, 0.25) is 0 Å². The number of hydrogen-bond acceptors (Lipinski definition) is 3. The van der Waals surface area contributed by atoms with Gasteiger partial charge in [-0.2, -0.15) is 0 Å². The molecule has 0 N–H and O–H groups in total. The smallest absolute Gasteiger partial charge is 0.465 e. The monoisotopic (exact) mass is 262 g/mol. The highest BCUT2D eigenvalue weighted by Crippen LogP contribution is 2.36. The van der Waals surface area contributed by atoms with E-state index in [0.717, 1.165) is 5.39 Å². The van der Waals surface area contributed by atoms with Gasteiger partial charge in [-0.25, -0.2) is 4.39 Å². The Morgan fingerprint density at radius 3 is 2.26 bits per heavy atom. The molecule has 0 unspecified atom stereocenters. The van der Waals surface area contributed by atoms with Gasteiger partial charge in [0.25, 0.3) is 0 Å². The lowest BCUT2D eigenvalue weighted by Crippen LogP contribution is -2.41. The number of rotatable bonds is 1. The summed E-state index contributed by atoms with van der Waals surface area (Å²) >= 11 is 0. The second-order valence-corrected chi connectivity index (χ2v) is 5.92. The van der Waals surface area contributed by atoms with E-state index < -0.39 is 18.3 Å². The summed E-state index contributed by atoms with van der Waals surface area (Å²) in [5.74, 6) is -0.317. The zero-order chi connectivity index (χ0) is 13.8. The molecule has 0 saturated carbocycles. The van der Waals surface area contributed by atoms with Gasteiger partial charge < -0.3 is 13.7 Å². The van der Waals surface area contributed by atoms with E-state index in [1.54, 1.807) is 6.07 Å². The maximum Gasteiger partial charge on any atom is 0.532 e. The quantitative estimate of drug-likeness (QED) is 0.740. The van der Waals surface area contributed by atoms with Gasteiger partial charge in [0.15, 0.2) is 0 Å². The molecule has 0 atom stereocenters. The molecule has 1 aliphatic heterocycles. The van der Waals surface area contributed by atoms with Crippen molar-refractivity contribution in [3.05, 3.63) is 30.1 Å². The highest BCUT2D eigenvalue weighted by molar-refractivity contribution is 6.61. The minimum Gasteiger partial charge on any atom is -0.465 e.